The predicted molar refractivity (Wildman–Crippen MR) is 79.6 cm³/mol. The molecule has 17 heavy (non-hydrogen) atoms. The molecule has 0 heterocycles. The Balaban J connectivity index is 2.78. The van der Waals surface area contributed by atoms with Crippen LogP contribution in [-0.4, -0.2) is 42.6 Å². The minimum absolute atomic E-state index is 0.233. The van der Waals surface area contributed by atoms with Crippen molar-refractivity contribution in [2.24, 2.45) is 17.1 Å². The number of rotatable bonds is 5. The van der Waals surface area contributed by atoms with Crippen molar-refractivity contribution in [2.45, 2.75) is 45.6 Å². The monoisotopic (exact) mass is 258 g/mol. The molecule has 0 spiro atoms. The number of hydrogen-bond donors (Lipinski definition) is 1. The summed E-state index contributed by atoms with van der Waals surface area (Å²) in [5, 5.41) is 0. The quantitative estimate of drug-likeness (QED) is 0.822. The lowest BCUT2D eigenvalue weighted by molar-refractivity contribution is 0.00685. The maximum Gasteiger partial charge on any atom is 0.0336 e. The summed E-state index contributed by atoms with van der Waals surface area (Å²) in [5.74, 6) is 1.99. The van der Waals surface area contributed by atoms with Gasteiger partial charge in [0, 0.05) is 24.4 Å². The second-order valence-electron chi connectivity index (χ2n) is 6.70. The van der Waals surface area contributed by atoms with Gasteiger partial charge in [-0.2, -0.15) is 11.8 Å². The van der Waals surface area contributed by atoms with Crippen molar-refractivity contribution in [1.82, 2.24) is 4.90 Å². The molecule has 0 aromatic carbocycles. The second kappa shape index (κ2) is 5.94. The molecule has 0 radical (unpaired) electrons. The zero-order valence-corrected chi connectivity index (χ0v) is 13.1. The van der Waals surface area contributed by atoms with Gasteiger partial charge in [0.1, 0.15) is 0 Å². The number of nitrogens with two attached hydrogens (primary N) is 1. The van der Waals surface area contributed by atoms with E-state index >= 15 is 0 Å². The summed E-state index contributed by atoms with van der Waals surface area (Å²) < 4.78 is 0. The highest BCUT2D eigenvalue weighted by Crippen LogP contribution is 2.45. The Morgan fingerprint density at radius 1 is 1.35 bits per heavy atom. The van der Waals surface area contributed by atoms with E-state index in [9.17, 15) is 0 Å². The standard InChI is InChI=1S/C14H30N2S/c1-12-8-13(2,3)10-14(9-12,11-15)16(4)6-7-17-5/h12H,6-11,15H2,1-5H3. The van der Waals surface area contributed by atoms with Crippen LogP contribution in [0.15, 0.2) is 0 Å². The average Bonchev–Trinajstić information content (AvgIpc) is 2.22. The van der Waals surface area contributed by atoms with Crippen LogP contribution in [0.25, 0.3) is 0 Å². The topological polar surface area (TPSA) is 29.3 Å². The lowest BCUT2D eigenvalue weighted by Crippen LogP contribution is -2.58. The van der Waals surface area contributed by atoms with Gasteiger partial charge in [0.2, 0.25) is 0 Å². The van der Waals surface area contributed by atoms with Crippen molar-refractivity contribution in [3.05, 3.63) is 0 Å². The molecule has 1 rings (SSSR count). The SMILES string of the molecule is CSCCN(C)C1(CN)CC(C)CC(C)(C)C1. The summed E-state index contributed by atoms with van der Waals surface area (Å²) in [6, 6.07) is 0. The van der Waals surface area contributed by atoms with Crippen LogP contribution in [0.2, 0.25) is 0 Å². The van der Waals surface area contributed by atoms with Crippen LogP contribution in [0.5, 0.6) is 0 Å². The molecule has 2 nitrogen and oxygen atoms in total. The Labute approximate surface area is 112 Å². The molecule has 3 heteroatoms. The Kier molecular flexibility index (Phi) is 5.36. The maximum absolute atomic E-state index is 6.15. The summed E-state index contributed by atoms with van der Waals surface area (Å²) in [6.45, 7) is 9.13. The molecule has 102 valence electrons. The van der Waals surface area contributed by atoms with E-state index in [1.165, 1.54) is 25.0 Å². The van der Waals surface area contributed by atoms with Gasteiger partial charge in [0.05, 0.1) is 0 Å². The summed E-state index contributed by atoms with van der Waals surface area (Å²) in [4.78, 5) is 2.53. The molecule has 0 aromatic rings. The van der Waals surface area contributed by atoms with Crippen molar-refractivity contribution in [3.63, 3.8) is 0 Å². The highest BCUT2D eigenvalue weighted by atomic mass is 32.2. The number of nitrogens with zero attached hydrogens (tertiary/aromatic N) is 1. The normalized spacial score (nSPS) is 33.0. The van der Waals surface area contributed by atoms with Crippen molar-refractivity contribution in [1.29, 1.82) is 0 Å². The van der Waals surface area contributed by atoms with Crippen LogP contribution in [0.1, 0.15) is 40.0 Å². The molecule has 0 aliphatic heterocycles. The van der Waals surface area contributed by atoms with Crippen molar-refractivity contribution < 1.29 is 0 Å². The molecule has 0 aromatic heterocycles. The van der Waals surface area contributed by atoms with E-state index in [0.29, 0.717) is 5.41 Å². The first-order chi connectivity index (χ1) is 7.85. The molecular weight excluding hydrogens is 228 g/mol. The summed E-state index contributed by atoms with van der Waals surface area (Å²) >= 11 is 1.92. The Morgan fingerprint density at radius 3 is 2.47 bits per heavy atom. The predicted octanol–water partition coefficient (Wildman–Crippen LogP) is 2.82. The van der Waals surface area contributed by atoms with Crippen LogP contribution in [0, 0.1) is 11.3 Å². The number of hydrogen-bond acceptors (Lipinski definition) is 3. The van der Waals surface area contributed by atoms with Crippen LogP contribution in [0.3, 0.4) is 0 Å². The molecule has 1 saturated carbocycles. The molecule has 1 aliphatic rings. The van der Waals surface area contributed by atoms with Crippen LogP contribution in [0.4, 0.5) is 0 Å². The van der Waals surface area contributed by atoms with Gasteiger partial charge in [-0.1, -0.05) is 20.8 Å². The molecule has 0 saturated heterocycles. The molecule has 0 amide bonds. The molecule has 0 bridgehead atoms. The smallest absolute Gasteiger partial charge is 0.0336 e. The van der Waals surface area contributed by atoms with Gasteiger partial charge in [-0.15, -0.1) is 0 Å². The van der Waals surface area contributed by atoms with Gasteiger partial charge in [-0.25, -0.2) is 0 Å². The molecule has 2 unspecified atom stereocenters. The van der Waals surface area contributed by atoms with Gasteiger partial charge in [0.25, 0.3) is 0 Å². The van der Waals surface area contributed by atoms with Gasteiger partial charge < -0.3 is 5.73 Å². The molecule has 2 N–H and O–H groups in total. The van der Waals surface area contributed by atoms with Gasteiger partial charge in [-0.3, -0.25) is 4.90 Å². The number of likely N-dealkylation sites (N-methyl/N-ethyl adjacent to an activating group) is 1. The third-order valence-electron chi connectivity index (χ3n) is 4.26. The van der Waals surface area contributed by atoms with E-state index in [2.05, 4.69) is 39.0 Å². The average molecular weight is 258 g/mol. The summed E-state index contributed by atoms with van der Waals surface area (Å²) in [7, 11) is 2.26. The Hall–Kier alpha value is 0.270. The fraction of sp³-hybridized carbons (Fsp3) is 1.00. The zero-order valence-electron chi connectivity index (χ0n) is 12.3. The zero-order chi connectivity index (χ0) is 13.1. The minimum atomic E-state index is 0.233. The fourth-order valence-corrected chi connectivity index (χ4v) is 4.22. The van der Waals surface area contributed by atoms with E-state index in [1.54, 1.807) is 0 Å². The van der Waals surface area contributed by atoms with E-state index in [4.69, 9.17) is 5.73 Å². The molecule has 1 fully saturated rings. The van der Waals surface area contributed by atoms with Crippen molar-refractivity contribution in [2.75, 3.05) is 32.1 Å². The fourth-order valence-electron chi connectivity index (χ4n) is 3.77. The largest absolute Gasteiger partial charge is 0.329 e. The van der Waals surface area contributed by atoms with E-state index in [0.717, 1.165) is 19.0 Å². The highest BCUT2D eigenvalue weighted by molar-refractivity contribution is 7.98. The third-order valence-corrected chi connectivity index (χ3v) is 4.85. The lowest BCUT2D eigenvalue weighted by atomic mass is 9.63. The first kappa shape index (κ1) is 15.3. The van der Waals surface area contributed by atoms with Gasteiger partial charge >= 0.3 is 0 Å². The molecule has 2 atom stereocenters. The Morgan fingerprint density at radius 2 is 2.00 bits per heavy atom. The first-order valence-corrected chi connectivity index (χ1v) is 8.15. The van der Waals surface area contributed by atoms with Crippen LogP contribution in [-0.2, 0) is 0 Å². The summed E-state index contributed by atoms with van der Waals surface area (Å²) in [6.07, 6.45) is 6.02. The van der Waals surface area contributed by atoms with E-state index in [1.807, 2.05) is 11.8 Å². The third kappa shape index (κ3) is 3.87. The molecular formula is C14H30N2S. The Bertz CT molecular complexity index is 242. The maximum atomic E-state index is 6.15. The van der Waals surface area contributed by atoms with Gasteiger partial charge in [-0.05, 0) is 43.9 Å². The lowest BCUT2D eigenvalue weighted by Gasteiger charge is -2.52. The van der Waals surface area contributed by atoms with E-state index < -0.39 is 0 Å². The van der Waals surface area contributed by atoms with Crippen LogP contribution < -0.4 is 5.73 Å². The van der Waals surface area contributed by atoms with Gasteiger partial charge in [0.15, 0.2) is 0 Å². The summed E-state index contributed by atoms with van der Waals surface area (Å²) in [5.41, 5.74) is 6.81. The van der Waals surface area contributed by atoms with Crippen molar-refractivity contribution >= 4 is 11.8 Å². The van der Waals surface area contributed by atoms with E-state index in [-0.39, 0.29) is 5.54 Å². The van der Waals surface area contributed by atoms with Crippen molar-refractivity contribution in [3.8, 4) is 0 Å². The highest BCUT2D eigenvalue weighted by Gasteiger charge is 2.44. The first-order valence-electron chi connectivity index (χ1n) is 6.75. The molecule has 1 aliphatic carbocycles. The number of thioether (sulfide) groups is 1. The second-order valence-corrected chi connectivity index (χ2v) is 7.68. The van der Waals surface area contributed by atoms with Crippen LogP contribution >= 0.6 is 11.8 Å². The minimum Gasteiger partial charge on any atom is -0.329 e.